The molecule has 2 aromatic carbocycles. The van der Waals surface area contributed by atoms with Gasteiger partial charge in [-0.2, -0.15) is 0 Å². The van der Waals surface area contributed by atoms with Crippen LogP contribution >= 0.6 is 0 Å². The average Bonchev–Trinajstić information content (AvgIpc) is 3.35. The normalized spacial score (nSPS) is 15.5. The number of hydrogen-bond acceptors (Lipinski definition) is 6. The Morgan fingerprint density at radius 2 is 1.90 bits per heavy atom. The van der Waals surface area contributed by atoms with Gasteiger partial charge in [-0.25, -0.2) is 4.68 Å². The highest BCUT2D eigenvalue weighted by molar-refractivity contribution is 5.94. The van der Waals surface area contributed by atoms with Gasteiger partial charge in [0.25, 0.3) is 5.91 Å². The Hall–Kier alpha value is -3.30. The number of carbonyl (C=O) groups excluding carboxylic acids is 1. The number of nitrogens with zero attached hydrogens (tertiary/aromatic N) is 4. The van der Waals surface area contributed by atoms with Crippen molar-refractivity contribution in [1.82, 2.24) is 25.5 Å². The number of tetrazole rings is 1. The Kier molecular flexibility index (Phi) is 6.31. The molecular weight excluding hydrogens is 384 g/mol. The number of methoxy groups -OCH3 is 1. The first-order valence-corrected chi connectivity index (χ1v) is 9.92. The quantitative estimate of drug-likeness (QED) is 0.573. The lowest BCUT2D eigenvalue weighted by Gasteiger charge is -2.32. The summed E-state index contributed by atoms with van der Waals surface area (Å²) in [6, 6.07) is 15.4. The number of hydrogen-bond donors (Lipinski definition) is 2. The van der Waals surface area contributed by atoms with E-state index in [1.54, 1.807) is 23.9 Å². The molecular formula is C21H25N6O3+. The van der Waals surface area contributed by atoms with Crippen LogP contribution in [0.15, 0.2) is 54.9 Å². The van der Waals surface area contributed by atoms with Gasteiger partial charge in [0.2, 0.25) is 0 Å². The highest BCUT2D eigenvalue weighted by atomic mass is 16.5. The second-order valence-corrected chi connectivity index (χ2v) is 7.11. The number of ether oxygens (including phenoxy) is 2. The maximum Gasteiger partial charge on any atom is 0.251 e. The molecule has 9 heteroatoms. The van der Waals surface area contributed by atoms with E-state index >= 15 is 0 Å². The zero-order valence-corrected chi connectivity index (χ0v) is 16.8. The highest BCUT2D eigenvalue weighted by Gasteiger charge is 2.27. The summed E-state index contributed by atoms with van der Waals surface area (Å²) in [5.41, 5.74) is 2.56. The molecule has 1 fully saturated rings. The number of benzene rings is 2. The van der Waals surface area contributed by atoms with Crippen molar-refractivity contribution in [2.24, 2.45) is 0 Å². The van der Waals surface area contributed by atoms with E-state index in [-0.39, 0.29) is 11.9 Å². The van der Waals surface area contributed by atoms with Gasteiger partial charge in [0, 0.05) is 11.1 Å². The highest BCUT2D eigenvalue weighted by Crippen LogP contribution is 2.16. The fraction of sp³-hybridized carbons (Fsp3) is 0.333. The zero-order valence-electron chi connectivity index (χ0n) is 16.8. The van der Waals surface area contributed by atoms with Crippen LogP contribution in [0, 0.1) is 0 Å². The van der Waals surface area contributed by atoms with Gasteiger partial charge in [0.05, 0.1) is 32.6 Å². The van der Waals surface area contributed by atoms with Crippen LogP contribution in [0.25, 0.3) is 5.69 Å². The molecule has 1 aliphatic rings. The predicted molar refractivity (Wildman–Crippen MR) is 109 cm³/mol. The second-order valence-electron chi connectivity index (χ2n) is 7.11. The molecule has 3 aromatic rings. The van der Waals surface area contributed by atoms with Crippen molar-refractivity contribution >= 4 is 5.91 Å². The fourth-order valence-corrected chi connectivity index (χ4v) is 3.66. The third-order valence-corrected chi connectivity index (χ3v) is 5.36. The summed E-state index contributed by atoms with van der Waals surface area (Å²) in [4.78, 5) is 14.2. The molecule has 156 valence electrons. The number of amides is 1. The molecule has 1 atom stereocenters. The smallest absolute Gasteiger partial charge is 0.251 e. The van der Waals surface area contributed by atoms with Gasteiger partial charge in [-0.15, -0.1) is 5.10 Å². The van der Waals surface area contributed by atoms with Crippen LogP contribution in [0.3, 0.4) is 0 Å². The van der Waals surface area contributed by atoms with Gasteiger partial charge in [-0.3, -0.25) is 4.79 Å². The van der Waals surface area contributed by atoms with Crippen molar-refractivity contribution in [3.63, 3.8) is 0 Å². The van der Waals surface area contributed by atoms with Crippen molar-refractivity contribution in [3.05, 3.63) is 66.0 Å². The molecule has 4 rings (SSSR count). The molecule has 0 spiro atoms. The Labute approximate surface area is 174 Å². The molecule has 2 heterocycles. The number of nitrogens with one attached hydrogen (secondary N) is 2. The summed E-state index contributed by atoms with van der Waals surface area (Å²) in [6.07, 6.45) is 1.51. The minimum absolute atomic E-state index is 0.107. The summed E-state index contributed by atoms with van der Waals surface area (Å²) in [7, 11) is 1.66. The molecule has 30 heavy (non-hydrogen) atoms. The second kappa shape index (κ2) is 9.47. The average molecular weight is 409 g/mol. The van der Waals surface area contributed by atoms with Crippen LogP contribution in [-0.2, 0) is 4.74 Å². The van der Waals surface area contributed by atoms with E-state index in [4.69, 9.17) is 9.47 Å². The molecule has 0 unspecified atom stereocenters. The Morgan fingerprint density at radius 1 is 1.17 bits per heavy atom. The SMILES string of the molecule is COc1ccc([C@H](CNC(=O)c2ccc(-n3cnnn3)cc2)[NH+]2CCOCC2)cc1. The van der Waals surface area contributed by atoms with Crippen molar-refractivity contribution in [2.45, 2.75) is 6.04 Å². The lowest BCUT2D eigenvalue weighted by molar-refractivity contribution is -0.937. The number of quaternary nitrogens is 1. The Bertz CT molecular complexity index is 938. The Balaban J connectivity index is 1.45. The van der Waals surface area contributed by atoms with Gasteiger partial charge in [-0.1, -0.05) is 0 Å². The number of aromatic nitrogens is 4. The molecule has 0 saturated carbocycles. The summed E-state index contributed by atoms with van der Waals surface area (Å²) < 4.78 is 12.3. The largest absolute Gasteiger partial charge is 0.497 e. The molecule has 1 aromatic heterocycles. The topological polar surface area (TPSA) is 95.6 Å². The van der Waals surface area contributed by atoms with E-state index in [9.17, 15) is 4.79 Å². The van der Waals surface area contributed by atoms with Gasteiger partial charge >= 0.3 is 0 Å². The summed E-state index contributed by atoms with van der Waals surface area (Å²) in [5.74, 6) is 0.714. The van der Waals surface area contributed by atoms with Crippen molar-refractivity contribution < 1.29 is 19.2 Å². The first-order valence-electron chi connectivity index (χ1n) is 9.92. The van der Waals surface area contributed by atoms with Crippen LogP contribution in [0.1, 0.15) is 22.0 Å². The van der Waals surface area contributed by atoms with Gasteiger partial charge < -0.3 is 19.7 Å². The molecule has 2 N–H and O–H groups in total. The third kappa shape index (κ3) is 4.64. The fourth-order valence-electron chi connectivity index (χ4n) is 3.66. The van der Waals surface area contributed by atoms with E-state index in [0.717, 1.165) is 37.7 Å². The third-order valence-electron chi connectivity index (χ3n) is 5.36. The maximum absolute atomic E-state index is 12.7. The Morgan fingerprint density at radius 3 is 2.53 bits per heavy atom. The van der Waals surface area contributed by atoms with Crippen LogP contribution in [-0.4, -0.2) is 66.1 Å². The zero-order chi connectivity index (χ0) is 20.8. The summed E-state index contributed by atoms with van der Waals surface area (Å²) >= 11 is 0. The van der Waals surface area contributed by atoms with Gasteiger partial charge in [0.1, 0.15) is 31.2 Å². The van der Waals surface area contributed by atoms with Crippen molar-refractivity contribution in [1.29, 1.82) is 0 Å². The van der Waals surface area contributed by atoms with Crippen molar-refractivity contribution in [2.75, 3.05) is 40.0 Å². The van der Waals surface area contributed by atoms with Crippen LogP contribution in [0.2, 0.25) is 0 Å². The van der Waals surface area contributed by atoms with E-state index < -0.39 is 0 Å². The standard InChI is InChI=1S/C21H24N6O3/c1-29-19-8-4-16(5-9-19)20(26-10-12-30-13-11-26)14-22-21(28)17-2-6-18(7-3-17)27-15-23-24-25-27/h2-9,15,20H,10-14H2,1H3,(H,22,28)/p+1/t20-/m0/s1. The van der Waals surface area contributed by atoms with Crippen LogP contribution in [0.5, 0.6) is 5.75 Å². The van der Waals surface area contributed by atoms with E-state index in [0.29, 0.717) is 12.1 Å². The molecule has 0 radical (unpaired) electrons. The number of carbonyl (C=O) groups is 1. The summed E-state index contributed by atoms with van der Waals surface area (Å²) in [5, 5.41) is 14.2. The first-order chi connectivity index (χ1) is 14.7. The summed E-state index contributed by atoms with van der Waals surface area (Å²) in [6.45, 7) is 3.82. The minimum Gasteiger partial charge on any atom is -0.497 e. The molecule has 1 amide bonds. The van der Waals surface area contributed by atoms with Crippen molar-refractivity contribution in [3.8, 4) is 11.4 Å². The first kappa shape index (κ1) is 20.0. The minimum atomic E-state index is -0.107. The van der Waals surface area contributed by atoms with Gasteiger partial charge in [-0.05, 0) is 59.0 Å². The molecule has 0 bridgehead atoms. The van der Waals surface area contributed by atoms with E-state index in [1.807, 2.05) is 24.3 Å². The van der Waals surface area contributed by atoms with E-state index in [1.165, 1.54) is 16.8 Å². The number of rotatable bonds is 7. The lowest BCUT2D eigenvalue weighted by atomic mass is 10.0. The molecule has 9 nitrogen and oxygen atoms in total. The van der Waals surface area contributed by atoms with Crippen LogP contribution < -0.4 is 15.0 Å². The monoisotopic (exact) mass is 409 g/mol. The van der Waals surface area contributed by atoms with Crippen LogP contribution in [0.4, 0.5) is 0 Å². The lowest BCUT2D eigenvalue weighted by Crippen LogP contribution is -3.15. The predicted octanol–water partition coefficient (Wildman–Crippen LogP) is 0.0571. The molecule has 1 saturated heterocycles. The molecule has 1 aliphatic heterocycles. The maximum atomic E-state index is 12.7. The number of morpholine rings is 1. The van der Waals surface area contributed by atoms with Gasteiger partial charge in [0.15, 0.2) is 0 Å². The van der Waals surface area contributed by atoms with E-state index in [2.05, 4.69) is 33.0 Å². The molecule has 0 aliphatic carbocycles.